The van der Waals surface area contributed by atoms with E-state index in [-0.39, 0.29) is 18.4 Å². The highest BCUT2D eigenvalue weighted by molar-refractivity contribution is 6.24. The largest absolute Gasteiger partial charge is 0.378 e. The predicted octanol–water partition coefficient (Wildman–Crippen LogP) is 0.505. The first-order valence-corrected chi connectivity index (χ1v) is 11.0. The molecule has 10 nitrogen and oxygen atoms in total. The van der Waals surface area contributed by atoms with E-state index in [9.17, 15) is 19.2 Å². The van der Waals surface area contributed by atoms with Crippen molar-refractivity contribution < 1.29 is 19.2 Å². The third-order valence-electron chi connectivity index (χ3n) is 6.23. The van der Waals surface area contributed by atoms with Gasteiger partial charge in [0.05, 0.1) is 16.8 Å². The number of imide groups is 2. The molecule has 0 aliphatic carbocycles. The number of rotatable bonds is 5. The number of carbonyl (C=O) groups is 4. The van der Waals surface area contributed by atoms with Crippen LogP contribution in [0.1, 0.15) is 39.1 Å². The van der Waals surface area contributed by atoms with Crippen LogP contribution in [0.25, 0.3) is 0 Å². The number of hydrogen-bond acceptors (Lipinski definition) is 8. The van der Waals surface area contributed by atoms with Crippen molar-refractivity contribution in [1.82, 2.24) is 20.5 Å². The zero-order valence-corrected chi connectivity index (χ0v) is 18.0. The summed E-state index contributed by atoms with van der Waals surface area (Å²) in [7, 11) is 0. The number of nitrogens with one attached hydrogen (secondary N) is 3. The van der Waals surface area contributed by atoms with Gasteiger partial charge >= 0.3 is 0 Å². The fourth-order valence-electron chi connectivity index (χ4n) is 4.59. The van der Waals surface area contributed by atoms with E-state index in [0.29, 0.717) is 17.7 Å². The van der Waals surface area contributed by atoms with Crippen LogP contribution in [0.3, 0.4) is 0 Å². The van der Waals surface area contributed by atoms with Gasteiger partial charge in [0.25, 0.3) is 11.8 Å². The number of hydrogen-bond donors (Lipinski definition) is 3. The molecule has 3 aliphatic rings. The Morgan fingerprint density at radius 1 is 1.03 bits per heavy atom. The molecule has 0 radical (unpaired) electrons. The molecule has 1 unspecified atom stereocenters. The molecule has 1 aromatic carbocycles. The normalized spacial score (nSPS) is 20.7. The fraction of sp³-hybridized carbons (Fsp3) is 0.348. The Kier molecular flexibility index (Phi) is 5.51. The Morgan fingerprint density at radius 3 is 2.64 bits per heavy atom. The number of piperidine rings is 1. The molecule has 2 aromatic rings. The maximum atomic E-state index is 13.3. The molecule has 0 bridgehead atoms. The minimum absolute atomic E-state index is 0.0913. The monoisotopic (exact) mass is 448 g/mol. The van der Waals surface area contributed by atoms with Crippen molar-refractivity contribution in [1.29, 1.82) is 0 Å². The van der Waals surface area contributed by atoms with Crippen LogP contribution < -0.4 is 20.9 Å². The molecule has 0 spiro atoms. The van der Waals surface area contributed by atoms with Gasteiger partial charge in [0.2, 0.25) is 11.8 Å². The van der Waals surface area contributed by atoms with Crippen LogP contribution in [0.5, 0.6) is 0 Å². The van der Waals surface area contributed by atoms with Crippen molar-refractivity contribution in [3.05, 3.63) is 53.2 Å². The van der Waals surface area contributed by atoms with Crippen molar-refractivity contribution in [2.45, 2.75) is 25.4 Å². The lowest BCUT2D eigenvalue weighted by molar-refractivity contribution is -0.136. The lowest BCUT2D eigenvalue weighted by atomic mass is 10.0. The predicted molar refractivity (Wildman–Crippen MR) is 120 cm³/mol. The van der Waals surface area contributed by atoms with Gasteiger partial charge in [-0.1, -0.05) is 12.1 Å². The van der Waals surface area contributed by atoms with E-state index >= 15 is 0 Å². The quantitative estimate of drug-likeness (QED) is 0.565. The maximum absolute atomic E-state index is 13.3. The third kappa shape index (κ3) is 3.82. The van der Waals surface area contributed by atoms with E-state index in [1.807, 2.05) is 12.1 Å². The highest BCUT2D eigenvalue weighted by Gasteiger charge is 2.45. The van der Waals surface area contributed by atoms with E-state index in [2.05, 4.69) is 25.8 Å². The molecular weight excluding hydrogens is 424 g/mol. The van der Waals surface area contributed by atoms with Crippen LogP contribution >= 0.6 is 0 Å². The molecule has 0 saturated carbocycles. The Morgan fingerprint density at radius 2 is 1.85 bits per heavy atom. The van der Waals surface area contributed by atoms with Crippen molar-refractivity contribution >= 4 is 35.1 Å². The summed E-state index contributed by atoms with van der Waals surface area (Å²) in [6, 6.07) is 7.94. The average molecular weight is 448 g/mol. The smallest absolute Gasteiger partial charge is 0.262 e. The lowest BCUT2D eigenvalue weighted by Crippen LogP contribution is -2.54. The number of aromatic nitrogens is 1. The number of pyridine rings is 1. The van der Waals surface area contributed by atoms with Gasteiger partial charge in [-0.05, 0) is 30.2 Å². The molecule has 3 aliphatic heterocycles. The fourth-order valence-corrected chi connectivity index (χ4v) is 4.59. The molecule has 4 heterocycles. The number of nitrogens with zero attached hydrogens (tertiary/aromatic N) is 3. The van der Waals surface area contributed by atoms with Gasteiger partial charge in [-0.3, -0.25) is 29.4 Å². The number of benzene rings is 1. The van der Waals surface area contributed by atoms with Crippen LogP contribution in [0.15, 0.2) is 36.5 Å². The summed E-state index contributed by atoms with van der Waals surface area (Å²) in [5.74, 6) is -1.17. The topological polar surface area (TPSA) is 124 Å². The second-order valence-electron chi connectivity index (χ2n) is 8.25. The number of amides is 4. The molecule has 4 amide bonds. The summed E-state index contributed by atoms with van der Waals surface area (Å²) in [6.07, 6.45) is 1.98. The molecular formula is C23H24N6O4. The van der Waals surface area contributed by atoms with E-state index in [1.165, 1.54) is 0 Å². The third-order valence-corrected chi connectivity index (χ3v) is 6.23. The van der Waals surface area contributed by atoms with Gasteiger partial charge in [0, 0.05) is 45.3 Å². The van der Waals surface area contributed by atoms with Crippen LogP contribution in [0, 0.1) is 0 Å². The van der Waals surface area contributed by atoms with Crippen molar-refractivity contribution in [3.8, 4) is 0 Å². The Labute approximate surface area is 190 Å². The summed E-state index contributed by atoms with van der Waals surface area (Å²) < 4.78 is 0. The zero-order chi connectivity index (χ0) is 22.9. The lowest BCUT2D eigenvalue weighted by Gasteiger charge is -2.30. The first kappa shape index (κ1) is 21.1. The van der Waals surface area contributed by atoms with Crippen LogP contribution in [0.4, 0.5) is 11.5 Å². The highest BCUT2D eigenvalue weighted by Crippen LogP contribution is 2.31. The number of piperazine rings is 1. The zero-order valence-electron chi connectivity index (χ0n) is 18.0. The molecule has 33 heavy (non-hydrogen) atoms. The Balaban J connectivity index is 1.39. The molecule has 2 fully saturated rings. The van der Waals surface area contributed by atoms with Crippen LogP contribution in [0.2, 0.25) is 0 Å². The summed E-state index contributed by atoms with van der Waals surface area (Å²) in [4.78, 5) is 57.8. The van der Waals surface area contributed by atoms with Gasteiger partial charge < -0.3 is 15.5 Å². The Bertz CT molecular complexity index is 1140. The maximum Gasteiger partial charge on any atom is 0.262 e. The Hall–Kier alpha value is -3.79. The molecule has 2 saturated heterocycles. The minimum atomic E-state index is -0.978. The second-order valence-corrected chi connectivity index (χ2v) is 8.25. The van der Waals surface area contributed by atoms with Gasteiger partial charge in [0.15, 0.2) is 5.82 Å². The number of anilines is 2. The van der Waals surface area contributed by atoms with Crippen molar-refractivity contribution in [3.63, 3.8) is 0 Å². The van der Waals surface area contributed by atoms with E-state index in [0.717, 1.165) is 42.6 Å². The standard InChI is InChI=1S/C23H24N6O4/c30-18-7-6-17(21(31)27-18)29-22(32)15-4-1-3-14(19(15)23(29)33)13-26-16-5-2-8-25-20(16)28-11-9-24-10-12-28/h1-5,8,17,24,26H,6-7,9-13H2,(H,27,30,31). The van der Waals surface area contributed by atoms with Crippen LogP contribution in [-0.4, -0.2) is 65.7 Å². The van der Waals surface area contributed by atoms with Gasteiger partial charge in [-0.2, -0.15) is 0 Å². The highest BCUT2D eigenvalue weighted by atomic mass is 16.2. The molecule has 5 rings (SSSR count). The second kappa shape index (κ2) is 8.62. The van der Waals surface area contributed by atoms with E-state index in [4.69, 9.17) is 0 Å². The van der Waals surface area contributed by atoms with Crippen molar-refractivity contribution in [2.75, 3.05) is 36.4 Å². The van der Waals surface area contributed by atoms with Gasteiger partial charge in [0.1, 0.15) is 6.04 Å². The minimum Gasteiger partial charge on any atom is -0.378 e. The van der Waals surface area contributed by atoms with E-state index in [1.54, 1.807) is 24.4 Å². The van der Waals surface area contributed by atoms with Crippen LogP contribution in [-0.2, 0) is 16.1 Å². The average Bonchev–Trinajstić information content (AvgIpc) is 3.09. The molecule has 1 atom stereocenters. The molecule has 10 heteroatoms. The molecule has 1 aromatic heterocycles. The van der Waals surface area contributed by atoms with Crippen molar-refractivity contribution in [2.24, 2.45) is 0 Å². The molecule has 170 valence electrons. The van der Waals surface area contributed by atoms with E-state index < -0.39 is 29.7 Å². The first-order chi connectivity index (χ1) is 16.0. The molecule has 3 N–H and O–H groups in total. The first-order valence-electron chi connectivity index (χ1n) is 11.0. The number of carbonyl (C=O) groups excluding carboxylic acids is 4. The summed E-state index contributed by atoms with van der Waals surface area (Å²) in [5, 5.41) is 8.92. The summed E-state index contributed by atoms with van der Waals surface area (Å²) in [5.41, 5.74) is 2.08. The summed E-state index contributed by atoms with van der Waals surface area (Å²) in [6.45, 7) is 3.78. The SMILES string of the molecule is O=C1CCC(N2C(=O)c3cccc(CNc4cccnc4N4CCNCC4)c3C2=O)C(=O)N1. The number of fused-ring (bicyclic) bond motifs is 1. The van der Waals surface area contributed by atoms with Gasteiger partial charge in [-0.25, -0.2) is 4.98 Å². The van der Waals surface area contributed by atoms with Gasteiger partial charge in [-0.15, -0.1) is 0 Å². The summed E-state index contributed by atoms with van der Waals surface area (Å²) >= 11 is 0.